The molecule has 1 unspecified atom stereocenters. The van der Waals surface area contributed by atoms with Crippen LogP contribution in [-0.2, 0) is 14.8 Å². The van der Waals surface area contributed by atoms with Gasteiger partial charge in [-0.3, -0.25) is 0 Å². The van der Waals surface area contributed by atoms with Crippen LogP contribution in [0.5, 0.6) is 5.75 Å². The minimum Gasteiger partial charge on any atom is -0.492 e. The molecule has 0 radical (unpaired) electrons. The van der Waals surface area contributed by atoms with E-state index in [2.05, 4.69) is 0 Å². The molecule has 1 heterocycles. The highest BCUT2D eigenvalue weighted by molar-refractivity contribution is 7.89. The standard InChI is InChI=1S/C26H29ClF3N3O5S/c1-25(2,3)38-24(34)33-11-10-22(17-4-6-20(27)7-5-17)19(14-33)15-37-23-9-8-21(12-18(23)13-31)39(35,36)32-16-26(28,29)30/h4-9,12,19,22,32H,10-11,14-16H2,1-3H3/t19-,22?/m0/s1. The van der Waals surface area contributed by atoms with Crippen LogP contribution in [0.1, 0.15) is 44.2 Å². The van der Waals surface area contributed by atoms with Crippen LogP contribution in [0.3, 0.4) is 0 Å². The molecule has 13 heteroatoms. The molecule has 212 valence electrons. The van der Waals surface area contributed by atoms with Gasteiger partial charge in [-0.15, -0.1) is 0 Å². The lowest BCUT2D eigenvalue weighted by Crippen LogP contribution is -2.46. The van der Waals surface area contributed by atoms with Gasteiger partial charge in [-0.05, 0) is 69.0 Å². The molecule has 8 nitrogen and oxygen atoms in total. The number of carbonyl (C=O) groups is 1. The first-order valence-electron chi connectivity index (χ1n) is 12.0. The number of rotatable bonds is 7. The van der Waals surface area contributed by atoms with Crippen LogP contribution < -0.4 is 9.46 Å². The molecule has 1 aliphatic rings. The summed E-state index contributed by atoms with van der Waals surface area (Å²) in [7, 11) is -4.50. The van der Waals surface area contributed by atoms with Gasteiger partial charge >= 0.3 is 12.3 Å². The number of piperidine rings is 1. The third kappa shape index (κ3) is 8.74. The molecule has 1 N–H and O–H groups in total. The van der Waals surface area contributed by atoms with Crippen molar-refractivity contribution in [3.63, 3.8) is 0 Å². The Hall–Kier alpha value is -3.01. The third-order valence-electron chi connectivity index (χ3n) is 5.98. The average molecular weight is 588 g/mol. The molecular weight excluding hydrogens is 559 g/mol. The van der Waals surface area contributed by atoms with E-state index in [1.807, 2.05) is 18.2 Å². The van der Waals surface area contributed by atoms with Crippen molar-refractivity contribution in [3.05, 3.63) is 58.6 Å². The molecule has 1 aliphatic heterocycles. The number of nitrogens with zero attached hydrogens (tertiary/aromatic N) is 2. The Balaban J connectivity index is 1.81. The minimum absolute atomic E-state index is 0.0160. The van der Waals surface area contributed by atoms with Crippen LogP contribution in [0.15, 0.2) is 47.4 Å². The number of benzene rings is 2. The molecule has 1 amide bonds. The summed E-state index contributed by atoms with van der Waals surface area (Å²) >= 11 is 6.05. The summed E-state index contributed by atoms with van der Waals surface area (Å²) in [5.41, 5.74) is 0.164. The minimum atomic E-state index is -4.73. The van der Waals surface area contributed by atoms with Crippen molar-refractivity contribution in [1.82, 2.24) is 9.62 Å². The highest BCUT2D eigenvalue weighted by atomic mass is 35.5. The molecular formula is C26H29ClF3N3O5S. The van der Waals surface area contributed by atoms with Gasteiger partial charge < -0.3 is 14.4 Å². The van der Waals surface area contributed by atoms with E-state index >= 15 is 0 Å². The zero-order valence-electron chi connectivity index (χ0n) is 21.6. The quantitative estimate of drug-likeness (QED) is 0.460. The van der Waals surface area contributed by atoms with Crippen molar-refractivity contribution < 1.29 is 35.9 Å². The number of likely N-dealkylation sites (tertiary alicyclic amines) is 1. The van der Waals surface area contributed by atoms with Crippen LogP contribution in [0.4, 0.5) is 18.0 Å². The molecule has 2 atom stereocenters. The Morgan fingerprint density at radius 2 is 1.85 bits per heavy atom. The van der Waals surface area contributed by atoms with E-state index < -0.39 is 39.3 Å². The number of halogens is 4. The fraction of sp³-hybridized carbons (Fsp3) is 0.462. The van der Waals surface area contributed by atoms with Gasteiger partial charge in [0.1, 0.15) is 24.0 Å². The maximum absolute atomic E-state index is 12.7. The van der Waals surface area contributed by atoms with Crippen LogP contribution in [0.2, 0.25) is 5.02 Å². The summed E-state index contributed by atoms with van der Waals surface area (Å²) in [5, 5.41) is 10.2. The molecule has 0 aromatic heterocycles. The van der Waals surface area contributed by atoms with Crippen LogP contribution in [-0.4, -0.2) is 57.4 Å². The lowest BCUT2D eigenvalue weighted by atomic mass is 9.81. The highest BCUT2D eigenvalue weighted by Gasteiger charge is 2.35. The van der Waals surface area contributed by atoms with E-state index in [4.69, 9.17) is 21.1 Å². The van der Waals surface area contributed by atoms with Gasteiger partial charge in [0.2, 0.25) is 10.0 Å². The normalized spacial score (nSPS) is 18.4. The molecule has 0 spiro atoms. The van der Waals surface area contributed by atoms with Gasteiger partial charge in [0.25, 0.3) is 0 Å². The summed E-state index contributed by atoms with van der Waals surface area (Å²) in [4.78, 5) is 13.8. The van der Waals surface area contributed by atoms with Crippen LogP contribution >= 0.6 is 11.6 Å². The highest BCUT2D eigenvalue weighted by Crippen LogP contribution is 2.35. The molecule has 1 fully saturated rings. The van der Waals surface area contributed by atoms with Crippen molar-refractivity contribution in [1.29, 1.82) is 5.26 Å². The summed E-state index contributed by atoms with van der Waals surface area (Å²) in [5.74, 6) is -0.176. The van der Waals surface area contributed by atoms with Crippen molar-refractivity contribution in [2.24, 2.45) is 5.92 Å². The number of hydrogen-bond acceptors (Lipinski definition) is 6. The summed E-state index contributed by atoms with van der Waals surface area (Å²) < 4.78 is 74.9. The van der Waals surface area contributed by atoms with E-state index in [-0.39, 0.29) is 29.8 Å². The number of nitriles is 1. The average Bonchev–Trinajstić information content (AvgIpc) is 2.85. The van der Waals surface area contributed by atoms with Crippen molar-refractivity contribution in [2.75, 3.05) is 26.2 Å². The summed E-state index contributed by atoms with van der Waals surface area (Å²) in [6.07, 6.45) is -4.58. The molecule has 1 saturated heterocycles. The Labute approximate surface area is 230 Å². The Morgan fingerprint density at radius 3 is 2.44 bits per heavy atom. The predicted molar refractivity (Wildman–Crippen MR) is 138 cm³/mol. The fourth-order valence-electron chi connectivity index (χ4n) is 4.19. The molecule has 39 heavy (non-hydrogen) atoms. The third-order valence-corrected chi connectivity index (χ3v) is 7.63. The molecule has 2 aromatic rings. The van der Waals surface area contributed by atoms with E-state index in [9.17, 15) is 31.6 Å². The van der Waals surface area contributed by atoms with Crippen molar-refractivity contribution in [3.8, 4) is 11.8 Å². The van der Waals surface area contributed by atoms with Crippen LogP contribution in [0.25, 0.3) is 0 Å². The number of carbonyl (C=O) groups excluding carboxylic acids is 1. The zero-order valence-corrected chi connectivity index (χ0v) is 23.2. The smallest absolute Gasteiger partial charge is 0.410 e. The van der Waals surface area contributed by atoms with Gasteiger partial charge in [-0.1, -0.05) is 23.7 Å². The van der Waals surface area contributed by atoms with E-state index in [1.54, 1.807) is 37.8 Å². The second-order valence-corrected chi connectivity index (χ2v) is 12.4. The first kappa shape index (κ1) is 30.5. The number of alkyl halides is 3. The maximum atomic E-state index is 12.7. The summed E-state index contributed by atoms with van der Waals surface area (Å²) in [6.45, 7) is 4.42. The van der Waals surface area contributed by atoms with Gasteiger partial charge in [-0.2, -0.15) is 18.4 Å². The second-order valence-electron chi connectivity index (χ2n) is 10.2. The van der Waals surface area contributed by atoms with Crippen LogP contribution in [0, 0.1) is 17.2 Å². The monoisotopic (exact) mass is 587 g/mol. The molecule has 2 aromatic carbocycles. The van der Waals surface area contributed by atoms with E-state index in [0.717, 1.165) is 17.7 Å². The van der Waals surface area contributed by atoms with E-state index in [1.165, 1.54) is 10.8 Å². The van der Waals surface area contributed by atoms with Gasteiger partial charge in [0.05, 0.1) is 17.1 Å². The first-order valence-corrected chi connectivity index (χ1v) is 13.9. The van der Waals surface area contributed by atoms with Gasteiger partial charge in [0.15, 0.2) is 0 Å². The van der Waals surface area contributed by atoms with Gasteiger partial charge in [0, 0.05) is 24.0 Å². The maximum Gasteiger partial charge on any atom is 0.410 e. The summed E-state index contributed by atoms with van der Waals surface area (Å²) in [6, 6.07) is 12.4. The number of ether oxygens (including phenoxy) is 2. The predicted octanol–water partition coefficient (Wildman–Crippen LogP) is 5.47. The van der Waals surface area contributed by atoms with Gasteiger partial charge in [-0.25, -0.2) is 17.9 Å². The fourth-order valence-corrected chi connectivity index (χ4v) is 5.36. The first-order chi connectivity index (χ1) is 18.1. The number of sulfonamides is 1. The molecule has 3 rings (SSSR count). The van der Waals surface area contributed by atoms with E-state index in [0.29, 0.717) is 24.5 Å². The number of amides is 1. The number of hydrogen-bond donors (Lipinski definition) is 1. The molecule has 0 aliphatic carbocycles. The zero-order chi connectivity index (χ0) is 29.0. The molecule has 0 bridgehead atoms. The lowest BCUT2D eigenvalue weighted by Gasteiger charge is -2.39. The topological polar surface area (TPSA) is 109 Å². The Kier molecular flexibility index (Phi) is 9.41. The second kappa shape index (κ2) is 12.0. The van der Waals surface area contributed by atoms with Crippen molar-refractivity contribution in [2.45, 2.75) is 49.8 Å². The molecule has 0 saturated carbocycles. The Morgan fingerprint density at radius 1 is 1.18 bits per heavy atom. The largest absolute Gasteiger partial charge is 0.492 e. The number of nitrogens with one attached hydrogen (secondary N) is 1. The SMILES string of the molecule is CC(C)(C)OC(=O)N1CCC(c2ccc(Cl)cc2)[C@H](COc2ccc(S(=O)(=O)NCC(F)(F)F)cc2C#N)C1. The lowest BCUT2D eigenvalue weighted by molar-refractivity contribution is -0.121. The Bertz CT molecular complexity index is 1320. The van der Waals surface area contributed by atoms with Crippen molar-refractivity contribution >= 4 is 27.7 Å².